The van der Waals surface area contributed by atoms with Crippen molar-refractivity contribution < 1.29 is 13.2 Å². The molecule has 2 saturated carbocycles. The number of nitrogens with one attached hydrogen (secondary N) is 1. The van der Waals surface area contributed by atoms with Crippen LogP contribution in [0.3, 0.4) is 0 Å². The average Bonchev–Trinajstić information content (AvgIpc) is 3.47. The summed E-state index contributed by atoms with van der Waals surface area (Å²) in [6, 6.07) is 5.24. The van der Waals surface area contributed by atoms with Crippen LogP contribution in [0.15, 0.2) is 23.1 Å². The number of rotatable bonds is 7. The predicted molar refractivity (Wildman–Crippen MR) is 116 cm³/mol. The number of nitrogens with zero attached hydrogens (tertiary/aromatic N) is 2. The highest BCUT2D eigenvalue weighted by Crippen LogP contribution is 2.48. The highest BCUT2D eigenvalue weighted by atomic mass is 32.2. The number of hydrogen-bond donors (Lipinski definition) is 1. The zero-order valence-corrected chi connectivity index (χ0v) is 18.4. The van der Waals surface area contributed by atoms with Crippen molar-refractivity contribution in [3.05, 3.63) is 18.2 Å². The van der Waals surface area contributed by atoms with Gasteiger partial charge in [-0.1, -0.05) is 20.3 Å². The van der Waals surface area contributed by atoms with Crippen LogP contribution in [0.25, 0.3) is 0 Å². The lowest BCUT2D eigenvalue weighted by Crippen LogP contribution is -2.31. The SMILES string of the molecule is CCN(CC)S(=O)(=O)c1ccc(N2CCCC2)c(NC(=O)C2CC3CCC2C3)c1. The Kier molecular flexibility index (Phi) is 5.89. The Balaban J connectivity index is 1.64. The summed E-state index contributed by atoms with van der Waals surface area (Å²) in [4.78, 5) is 15.6. The molecule has 1 saturated heterocycles. The second kappa shape index (κ2) is 8.26. The first-order valence-corrected chi connectivity index (χ1v) is 12.6. The van der Waals surface area contributed by atoms with Crippen LogP contribution in [0.5, 0.6) is 0 Å². The fourth-order valence-corrected chi connectivity index (χ4v) is 7.00. The normalized spacial score (nSPS) is 26.4. The van der Waals surface area contributed by atoms with Gasteiger partial charge in [-0.05, 0) is 62.1 Å². The molecule has 160 valence electrons. The Morgan fingerprint density at radius 1 is 1.14 bits per heavy atom. The zero-order chi connectivity index (χ0) is 20.6. The summed E-state index contributed by atoms with van der Waals surface area (Å²) in [5.74, 6) is 1.33. The van der Waals surface area contributed by atoms with E-state index < -0.39 is 10.0 Å². The minimum absolute atomic E-state index is 0.0648. The Morgan fingerprint density at radius 3 is 2.45 bits per heavy atom. The van der Waals surface area contributed by atoms with Crippen molar-refractivity contribution in [2.45, 2.75) is 57.3 Å². The smallest absolute Gasteiger partial charge is 0.243 e. The van der Waals surface area contributed by atoms with Crippen LogP contribution in [0.1, 0.15) is 52.4 Å². The van der Waals surface area contributed by atoms with Gasteiger partial charge in [0, 0.05) is 32.1 Å². The van der Waals surface area contributed by atoms with Crippen molar-refractivity contribution in [2.75, 3.05) is 36.4 Å². The predicted octanol–water partition coefficient (Wildman–Crippen LogP) is 3.69. The highest BCUT2D eigenvalue weighted by Gasteiger charge is 2.43. The van der Waals surface area contributed by atoms with Gasteiger partial charge >= 0.3 is 0 Å². The standard InChI is InChI=1S/C22H33N3O3S/c1-3-25(4-2)29(27,28)18-9-10-21(24-11-5-6-12-24)20(15-18)23-22(26)19-14-16-7-8-17(19)13-16/h9-10,15-17,19H,3-8,11-14H2,1-2H3,(H,23,26). The van der Waals surface area contributed by atoms with Gasteiger partial charge < -0.3 is 10.2 Å². The number of sulfonamides is 1. The lowest BCUT2D eigenvalue weighted by molar-refractivity contribution is -0.121. The van der Waals surface area contributed by atoms with Gasteiger partial charge in [-0.2, -0.15) is 4.31 Å². The topological polar surface area (TPSA) is 69.7 Å². The molecule has 3 fully saturated rings. The van der Waals surface area contributed by atoms with Gasteiger partial charge in [0.05, 0.1) is 16.3 Å². The third-order valence-corrected chi connectivity index (χ3v) is 9.14. The van der Waals surface area contributed by atoms with Crippen molar-refractivity contribution in [3.63, 3.8) is 0 Å². The maximum absolute atomic E-state index is 13.1. The minimum Gasteiger partial charge on any atom is -0.370 e. The number of hydrogen-bond acceptors (Lipinski definition) is 4. The molecule has 1 amide bonds. The second-order valence-electron chi connectivity index (χ2n) is 8.73. The summed E-state index contributed by atoms with van der Waals surface area (Å²) in [7, 11) is -3.56. The summed E-state index contributed by atoms with van der Waals surface area (Å²) in [6.45, 7) is 6.44. The van der Waals surface area contributed by atoms with E-state index in [1.165, 1.54) is 17.1 Å². The van der Waals surface area contributed by atoms with Crippen molar-refractivity contribution in [1.82, 2.24) is 4.31 Å². The first-order valence-electron chi connectivity index (χ1n) is 11.1. The van der Waals surface area contributed by atoms with Gasteiger partial charge in [-0.3, -0.25) is 4.79 Å². The first-order chi connectivity index (χ1) is 13.9. The maximum atomic E-state index is 13.1. The molecule has 2 bridgehead atoms. The monoisotopic (exact) mass is 419 g/mol. The van der Waals surface area contributed by atoms with Crippen LogP contribution in [-0.2, 0) is 14.8 Å². The van der Waals surface area contributed by atoms with E-state index in [1.54, 1.807) is 12.1 Å². The van der Waals surface area contributed by atoms with E-state index in [4.69, 9.17) is 0 Å². The van der Waals surface area contributed by atoms with Gasteiger partial charge in [-0.15, -0.1) is 0 Å². The summed E-state index contributed by atoms with van der Waals surface area (Å²) in [6.07, 6.45) is 6.81. The van der Waals surface area contributed by atoms with Crippen LogP contribution < -0.4 is 10.2 Å². The van der Waals surface area contributed by atoms with E-state index in [1.807, 2.05) is 19.9 Å². The molecule has 3 unspecified atom stereocenters. The minimum atomic E-state index is -3.56. The molecule has 1 aromatic rings. The van der Waals surface area contributed by atoms with Crippen molar-refractivity contribution in [3.8, 4) is 0 Å². The number of carbonyl (C=O) groups excluding carboxylic acids is 1. The molecule has 4 rings (SSSR count). The summed E-state index contributed by atoms with van der Waals surface area (Å²) < 4.78 is 27.5. The van der Waals surface area contributed by atoms with E-state index in [2.05, 4.69) is 10.2 Å². The number of benzene rings is 1. The molecule has 0 aromatic heterocycles. The molecule has 3 atom stereocenters. The van der Waals surface area contributed by atoms with Gasteiger partial charge in [0.15, 0.2) is 0 Å². The molecule has 0 spiro atoms. The number of amides is 1. The molecule has 1 aromatic carbocycles. The number of carbonyl (C=O) groups is 1. The van der Waals surface area contributed by atoms with E-state index >= 15 is 0 Å². The van der Waals surface area contributed by atoms with E-state index in [0.717, 1.165) is 44.5 Å². The van der Waals surface area contributed by atoms with Crippen molar-refractivity contribution >= 4 is 27.3 Å². The quantitative estimate of drug-likeness (QED) is 0.732. The van der Waals surface area contributed by atoms with E-state index in [9.17, 15) is 13.2 Å². The average molecular weight is 420 g/mol. The first kappa shape index (κ1) is 20.7. The molecule has 2 aliphatic carbocycles. The van der Waals surface area contributed by atoms with Crippen LogP contribution in [-0.4, -0.2) is 44.8 Å². The summed E-state index contributed by atoms with van der Waals surface area (Å²) in [5.41, 5.74) is 1.59. The molecule has 7 heteroatoms. The van der Waals surface area contributed by atoms with Crippen molar-refractivity contribution in [2.24, 2.45) is 17.8 Å². The van der Waals surface area contributed by atoms with E-state index in [0.29, 0.717) is 30.6 Å². The molecule has 29 heavy (non-hydrogen) atoms. The molecule has 6 nitrogen and oxygen atoms in total. The molecular weight excluding hydrogens is 386 g/mol. The summed E-state index contributed by atoms with van der Waals surface area (Å²) in [5, 5.41) is 3.14. The Hall–Kier alpha value is -1.60. The fourth-order valence-electron chi connectivity index (χ4n) is 5.51. The lowest BCUT2D eigenvalue weighted by Gasteiger charge is -2.26. The van der Waals surface area contributed by atoms with Gasteiger partial charge in [0.25, 0.3) is 0 Å². The highest BCUT2D eigenvalue weighted by molar-refractivity contribution is 7.89. The van der Waals surface area contributed by atoms with Crippen molar-refractivity contribution in [1.29, 1.82) is 0 Å². The van der Waals surface area contributed by atoms with Crippen LogP contribution >= 0.6 is 0 Å². The fraction of sp³-hybridized carbons (Fsp3) is 0.682. The maximum Gasteiger partial charge on any atom is 0.243 e. The van der Waals surface area contributed by atoms with Crippen LogP contribution in [0, 0.1) is 17.8 Å². The largest absolute Gasteiger partial charge is 0.370 e. The van der Waals surface area contributed by atoms with Gasteiger partial charge in [0.1, 0.15) is 0 Å². The Morgan fingerprint density at radius 2 is 1.86 bits per heavy atom. The van der Waals surface area contributed by atoms with E-state index in [-0.39, 0.29) is 16.7 Å². The zero-order valence-electron chi connectivity index (χ0n) is 17.6. The third kappa shape index (κ3) is 3.91. The molecule has 1 heterocycles. The number of anilines is 2. The molecule has 3 aliphatic rings. The second-order valence-corrected chi connectivity index (χ2v) is 10.7. The Labute approximate surface area is 174 Å². The molecular formula is C22H33N3O3S. The Bertz CT molecular complexity index is 860. The van der Waals surface area contributed by atoms with Gasteiger partial charge in [-0.25, -0.2) is 8.42 Å². The number of fused-ring (bicyclic) bond motifs is 2. The van der Waals surface area contributed by atoms with Gasteiger partial charge in [0.2, 0.25) is 15.9 Å². The van der Waals surface area contributed by atoms with Crippen LogP contribution in [0.2, 0.25) is 0 Å². The molecule has 1 N–H and O–H groups in total. The lowest BCUT2D eigenvalue weighted by atomic mass is 9.88. The summed E-state index contributed by atoms with van der Waals surface area (Å²) >= 11 is 0. The molecule has 1 aliphatic heterocycles. The third-order valence-electron chi connectivity index (χ3n) is 7.09. The van der Waals surface area contributed by atoms with Crippen LogP contribution in [0.4, 0.5) is 11.4 Å². The molecule has 0 radical (unpaired) electrons.